The first kappa shape index (κ1) is 23.1. The number of piperidine rings is 1. The number of aryl methyl sites for hydroxylation is 1. The normalized spacial score (nSPS) is 21.5. The number of anilines is 4. The molecule has 10 heteroatoms. The summed E-state index contributed by atoms with van der Waals surface area (Å²) in [6.07, 6.45) is -0.360. The van der Waals surface area contributed by atoms with Crippen molar-refractivity contribution in [3.63, 3.8) is 0 Å². The number of nitrogens with zero attached hydrogens (tertiary/aromatic N) is 4. The molecule has 2 atom stereocenters. The number of carbonyl (C=O) groups excluding carboxylic acids is 1. The Hall–Kier alpha value is -3.04. The lowest BCUT2D eigenvalue weighted by Gasteiger charge is -2.36. The number of pyridine rings is 2. The van der Waals surface area contributed by atoms with Crippen LogP contribution >= 0.6 is 0 Å². The van der Waals surface area contributed by atoms with E-state index in [1.165, 1.54) is 0 Å². The predicted molar refractivity (Wildman–Crippen MR) is 123 cm³/mol. The summed E-state index contributed by atoms with van der Waals surface area (Å²) < 4.78 is 40.0. The predicted octanol–water partition coefficient (Wildman–Crippen LogP) is 5.20. The molecule has 0 spiro atoms. The second kappa shape index (κ2) is 9.44. The lowest BCUT2D eigenvalue weighted by Crippen LogP contribution is -2.45. The van der Waals surface area contributed by atoms with Crippen LogP contribution in [0.3, 0.4) is 0 Å². The fourth-order valence-corrected chi connectivity index (χ4v) is 4.35. The molecule has 2 aliphatic rings. The van der Waals surface area contributed by atoms with Gasteiger partial charge in [-0.3, -0.25) is 10.2 Å². The van der Waals surface area contributed by atoms with Crippen molar-refractivity contribution in [2.45, 2.75) is 51.7 Å². The van der Waals surface area contributed by atoms with E-state index in [2.05, 4.69) is 15.6 Å². The van der Waals surface area contributed by atoms with Gasteiger partial charge in [0, 0.05) is 31.9 Å². The Kier molecular flexibility index (Phi) is 6.62. The van der Waals surface area contributed by atoms with Crippen molar-refractivity contribution in [2.24, 2.45) is 5.92 Å². The summed E-state index contributed by atoms with van der Waals surface area (Å²) >= 11 is 0. The third-order valence-corrected chi connectivity index (χ3v) is 6.22. The van der Waals surface area contributed by atoms with Crippen LogP contribution in [-0.2, 0) is 0 Å². The van der Waals surface area contributed by atoms with Crippen LogP contribution in [0.15, 0.2) is 30.5 Å². The average Bonchev–Trinajstić information content (AvgIpc) is 2.77. The van der Waals surface area contributed by atoms with Gasteiger partial charge in [-0.05, 0) is 63.3 Å². The van der Waals surface area contributed by atoms with E-state index in [1.807, 2.05) is 19.9 Å². The molecule has 0 aromatic carbocycles. The number of halogens is 3. The zero-order valence-electron chi connectivity index (χ0n) is 18.8. The van der Waals surface area contributed by atoms with Crippen LogP contribution in [0.2, 0.25) is 0 Å². The summed E-state index contributed by atoms with van der Waals surface area (Å²) in [5.41, 5.74) is 1.66. The van der Waals surface area contributed by atoms with E-state index in [0.717, 1.165) is 24.9 Å². The maximum atomic E-state index is 13.3. The first-order valence-electron chi connectivity index (χ1n) is 11.3. The summed E-state index contributed by atoms with van der Waals surface area (Å²) in [4.78, 5) is 25.5. The second-order valence-electron chi connectivity index (χ2n) is 8.81. The Labute approximate surface area is 191 Å². The Bertz CT molecular complexity index is 981. The number of nitrogens with one attached hydrogen (secondary N) is 2. The highest BCUT2D eigenvalue weighted by Crippen LogP contribution is 2.36. The molecule has 2 amide bonds. The molecule has 2 aliphatic heterocycles. The van der Waals surface area contributed by atoms with Gasteiger partial charge in [0.1, 0.15) is 11.6 Å². The highest BCUT2D eigenvalue weighted by Gasteiger charge is 2.42. The van der Waals surface area contributed by atoms with E-state index >= 15 is 0 Å². The third kappa shape index (κ3) is 5.31. The number of urea groups is 1. The maximum Gasteiger partial charge on any atom is 0.393 e. The number of hydrogen-bond acceptors (Lipinski definition) is 5. The Morgan fingerprint density at radius 1 is 1.18 bits per heavy atom. The highest BCUT2D eigenvalue weighted by molar-refractivity contribution is 6.03. The molecule has 1 unspecified atom stereocenters. The van der Waals surface area contributed by atoms with Gasteiger partial charge < -0.3 is 10.2 Å². The molecule has 0 saturated carbocycles. The van der Waals surface area contributed by atoms with E-state index in [1.54, 1.807) is 34.2 Å². The summed E-state index contributed by atoms with van der Waals surface area (Å²) in [7, 11) is 0. The first-order chi connectivity index (χ1) is 15.7. The lowest BCUT2D eigenvalue weighted by molar-refractivity contribution is -0.176. The minimum absolute atomic E-state index is 0.127. The van der Waals surface area contributed by atoms with Crippen molar-refractivity contribution in [3.05, 3.63) is 36.0 Å². The minimum Gasteiger partial charge on any atom is -0.382 e. The Balaban J connectivity index is 1.64. The van der Waals surface area contributed by atoms with Crippen LogP contribution in [0, 0.1) is 12.8 Å². The van der Waals surface area contributed by atoms with Gasteiger partial charge in [0.25, 0.3) is 0 Å². The average molecular weight is 463 g/mol. The second-order valence-corrected chi connectivity index (χ2v) is 8.81. The van der Waals surface area contributed by atoms with Crippen LogP contribution in [0.4, 0.5) is 41.1 Å². The fraction of sp³-hybridized carbons (Fsp3) is 0.522. The van der Waals surface area contributed by atoms with Crippen molar-refractivity contribution < 1.29 is 18.0 Å². The van der Waals surface area contributed by atoms with Gasteiger partial charge in [-0.15, -0.1) is 0 Å². The molecular formula is C23H29F3N6O. The molecule has 1 fully saturated rings. The highest BCUT2D eigenvalue weighted by atomic mass is 19.4. The van der Waals surface area contributed by atoms with Gasteiger partial charge in [0.2, 0.25) is 0 Å². The molecule has 2 N–H and O–H groups in total. The quantitative estimate of drug-likeness (QED) is 0.642. The summed E-state index contributed by atoms with van der Waals surface area (Å²) in [6, 6.07) is 6.60. The van der Waals surface area contributed by atoms with E-state index in [0.29, 0.717) is 36.1 Å². The topological polar surface area (TPSA) is 73.4 Å². The number of aromatic nitrogens is 2. The Morgan fingerprint density at radius 3 is 2.73 bits per heavy atom. The van der Waals surface area contributed by atoms with Gasteiger partial charge in [-0.25, -0.2) is 14.8 Å². The number of hydrogen-bond donors (Lipinski definition) is 2. The molecule has 0 radical (unpaired) electrons. The number of carbonyl (C=O) groups is 1. The van der Waals surface area contributed by atoms with Crippen LogP contribution < -0.4 is 20.4 Å². The molecular weight excluding hydrogens is 433 g/mol. The molecule has 2 aromatic rings. The number of rotatable bonds is 2. The van der Waals surface area contributed by atoms with Crippen LogP contribution in [0.25, 0.3) is 0 Å². The van der Waals surface area contributed by atoms with Gasteiger partial charge >= 0.3 is 12.2 Å². The zero-order valence-corrected chi connectivity index (χ0v) is 18.8. The van der Waals surface area contributed by atoms with E-state index < -0.39 is 12.1 Å². The van der Waals surface area contributed by atoms with E-state index in [4.69, 9.17) is 4.98 Å². The van der Waals surface area contributed by atoms with Crippen molar-refractivity contribution >= 4 is 29.2 Å². The van der Waals surface area contributed by atoms with E-state index in [-0.39, 0.29) is 25.0 Å². The van der Waals surface area contributed by atoms with Crippen molar-refractivity contribution in [2.75, 3.05) is 40.1 Å². The molecule has 2 aromatic heterocycles. The molecule has 0 bridgehead atoms. The van der Waals surface area contributed by atoms with Crippen LogP contribution in [0.5, 0.6) is 0 Å². The first-order valence-corrected chi connectivity index (χ1v) is 11.3. The molecule has 4 heterocycles. The van der Waals surface area contributed by atoms with Crippen molar-refractivity contribution in [1.82, 2.24) is 9.97 Å². The van der Waals surface area contributed by atoms with Crippen LogP contribution in [0.1, 0.15) is 38.2 Å². The summed E-state index contributed by atoms with van der Waals surface area (Å²) in [5, 5.41) is 6.14. The van der Waals surface area contributed by atoms with Crippen molar-refractivity contribution in [1.29, 1.82) is 0 Å². The Morgan fingerprint density at radius 2 is 2.00 bits per heavy atom. The smallest absolute Gasteiger partial charge is 0.382 e. The molecule has 4 rings (SSSR count). The van der Waals surface area contributed by atoms with Gasteiger partial charge in [0.05, 0.1) is 11.6 Å². The van der Waals surface area contributed by atoms with E-state index in [9.17, 15) is 18.0 Å². The SMILES string of the molecule is Cc1ccc(NC(=O)N2c3nc(N4CCCC(C(F)(F)F)C4)ccc3NCCC[C@H]2C)nc1. The lowest BCUT2D eigenvalue weighted by atomic mass is 9.97. The molecule has 33 heavy (non-hydrogen) atoms. The third-order valence-electron chi connectivity index (χ3n) is 6.22. The standard InChI is InChI=1S/C23H29F3N6O/c1-15-7-9-19(28-13-15)29-22(33)32-16(2)5-3-11-27-18-8-10-20(30-21(18)32)31-12-4-6-17(14-31)23(24,25)26/h7-10,13,16-17,27H,3-6,11-12,14H2,1-2H3,(H,28,29,33)/t16-,17?/m1/s1. The number of fused-ring (bicyclic) bond motifs is 1. The molecule has 7 nitrogen and oxygen atoms in total. The number of alkyl halides is 3. The minimum atomic E-state index is -4.23. The molecule has 1 saturated heterocycles. The number of amides is 2. The molecule has 178 valence electrons. The van der Waals surface area contributed by atoms with Gasteiger partial charge in [0.15, 0.2) is 5.82 Å². The van der Waals surface area contributed by atoms with Crippen LogP contribution in [-0.4, -0.2) is 47.9 Å². The maximum absolute atomic E-state index is 13.3. The van der Waals surface area contributed by atoms with Gasteiger partial charge in [-0.2, -0.15) is 13.2 Å². The van der Waals surface area contributed by atoms with Crippen molar-refractivity contribution in [3.8, 4) is 0 Å². The fourth-order valence-electron chi connectivity index (χ4n) is 4.35. The zero-order chi connectivity index (χ0) is 23.6. The molecule has 0 aliphatic carbocycles. The largest absolute Gasteiger partial charge is 0.393 e. The van der Waals surface area contributed by atoms with Gasteiger partial charge in [-0.1, -0.05) is 6.07 Å². The summed E-state index contributed by atoms with van der Waals surface area (Å²) in [5.74, 6) is -0.0873. The monoisotopic (exact) mass is 462 g/mol. The summed E-state index contributed by atoms with van der Waals surface area (Å²) in [6.45, 7) is 4.97.